The molecule has 1 aliphatic heterocycles. The minimum absolute atomic E-state index is 0.160. The van der Waals surface area contributed by atoms with Crippen LogP contribution >= 0.6 is 11.6 Å². The van der Waals surface area contributed by atoms with E-state index in [-0.39, 0.29) is 5.91 Å². The second-order valence-corrected chi connectivity index (χ2v) is 5.94. The highest BCUT2D eigenvalue weighted by Crippen LogP contribution is 2.27. The molecule has 1 aliphatic rings. The number of anilines is 2. The quantitative estimate of drug-likeness (QED) is 0.932. The molecule has 4 nitrogen and oxygen atoms in total. The Morgan fingerprint density at radius 1 is 1.17 bits per heavy atom. The fraction of sp³-hybridized carbons (Fsp3) is 0.278. The van der Waals surface area contributed by atoms with Gasteiger partial charge >= 0.3 is 0 Å². The van der Waals surface area contributed by atoms with Gasteiger partial charge in [0.2, 0.25) is 0 Å². The maximum absolute atomic E-state index is 12.5. The van der Waals surface area contributed by atoms with Crippen LogP contribution < -0.4 is 10.2 Å². The molecule has 2 aromatic carbocycles. The van der Waals surface area contributed by atoms with Crippen molar-refractivity contribution in [3.05, 3.63) is 58.6 Å². The van der Waals surface area contributed by atoms with E-state index in [1.54, 1.807) is 12.1 Å². The summed E-state index contributed by atoms with van der Waals surface area (Å²) in [7, 11) is 0. The first-order valence-corrected chi connectivity index (χ1v) is 8.02. The summed E-state index contributed by atoms with van der Waals surface area (Å²) in [4.78, 5) is 14.7. The Labute approximate surface area is 141 Å². The molecule has 0 unspecified atom stereocenters. The van der Waals surface area contributed by atoms with Crippen molar-refractivity contribution in [1.82, 2.24) is 0 Å². The van der Waals surface area contributed by atoms with Crippen LogP contribution in [-0.2, 0) is 4.74 Å². The van der Waals surface area contributed by atoms with Gasteiger partial charge in [-0.1, -0.05) is 29.8 Å². The topological polar surface area (TPSA) is 41.6 Å². The van der Waals surface area contributed by atoms with Gasteiger partial charge in [-0.3, -0.25) is 4.79 Å². The molecule has 1 saturated heterocycles. The summed E-state index contributed by atoms with van der Waals surface area (Å²) >= 11 is 6.11. The average Bonchev–Trinajstić information content (AvgIpc) is 2.58. The summed E-state index contributed by atoms with van der Waals surface area (Å²) in [6.45, 7) is 4.97. The Morgan fingerprint density at radius 2 is 1.91 bits per heavy atom. The Hall–Kier alpha value is -2.04. The molecule has 120 valence electrons. The highest BCUT2D eigenvalue weighted by Gasteiger charge is 2.16. The SMILES string of the molecule is Cc1ccc(C(=O)Nc2ccccc2N2CCOCC2)cc1Cl. The summed E-state index contributed by atoms with van der Waals surface area (Å²) in [6.07, 6.45) is 0. The lowest BCUT2D eigenvalue weighted by Crippen LogP contribution is -2.36. The number of halogens is 1. The second kappa shape index (κ2) is 7.02. The lowest BCUT2D eigenvalue weighted by Gasteiger charge is -2.30. The molecule has 1 amide bonds. The zero-order valence-electron chi connectivity index (χ0n) is 13.0. The van der Waals surface area contributed by atoms with Gasteiger partial charge in [-0.2, -0.15) is 0 Å². The second-order valence-electron chi connectivity index (χ2n) is 5.53. The smallest absolute Gasteiger partial charge is 0.255 e. The summed E-state index contributed by atoms with van der Waals surface area (Å²) in [5, 5.41) is 3.59. The summed E-state index contributed by atoms with van der Waals surface area (Å²) < 4.78 is 5.39. The van der Waals surface area contributed by atoms with Crippen LogP contribution in [0, 0.1) is 6.92 Å². The Balaban J connectivity index is 1.82. The van der Waals surface area contributed by atoms with Crippen LogP contribution in [0.3, 0.4) is 0 Å². The van der Waals surface area contributed by atoms with E-state index in [4.69, 9.17) is 16.3 Å². The predicted octanol–water partition coefficient (Wildman–Crippen LogP) is 3.74. The van der Waals surface area contributed by atoms with E-state index in [0.717, 1.165) is 30.0 Å². The van der Waals surface area contributed by atoms with E-state index in [1.807, 2.05) is 37.3 Å². The van der Waals surface area contributed by atoms with E-state index < -0.39 is 0 Å². The third-order valence-electron chi connectivity index (χ3n) is 3.94. The fourth-order valence-corrected chi connectivity index (χ4v) is 2.77. The lowest BCUT2D eigenvalue weighted by molar-refractivity contribution is 0.102. The van der Waals surface area contributed by atoms with Crippen LogP contribution in [-0.4, -0.2) is 32.2 Å². The highest BCUT2D eigenvalue weighted by molar-refractivity contribution is 6.31. The number of carbonyl (C=O) groups is 1. The van der Waals surface area contributed by atoms with Crippen molar-refractivity contribution in [1.29, 1.82) is 0 Å². The van der Waals surface area contributed by atoms with Crippen LogP contribution in [0.2, 0.25) is 5.02 Å². The maximum atomic E-state index is 12.5. The summed E-state index contributed by atoms with van der Waals surface area (Å²) in [6, 6.07) is 13.2. The number of ether oxygens (including phenoxy) is 1. The van der Waals surface area contributed by atoms with Crippen molar-refractivity contribution >= 4 is 28.9 Å². The van der Waals surface area contributed by atoms with Gasteiger partial charge in [0, 0.05) is 23.7 Å². The third kappa shape index (κ3) is 3.66. The third-order valence-corrected chi connectivity index (χ3v) is 4.35. The zero-order valence-corrected chi connectivity index (χ0v) is 13.8. The molecule has 3 rings (SSSR count). The molecule has 1 N–H and O–H groups in total. The van der Waals surface area contributed by atoms with Gasteiger partial charge in [0.05, 0.1) is 24.6 Å². The number of hydrogen-bond acceptors (Lipinski definition) is 3. The van der Waals surface area contributed by atoms with E-state index in [2.05, 4.69) is 10.2 Å². The van der Waals surface area contributed by atoms with Gasteiger partial charge in [0.1, 0.15) is 0 Å². The molecule has 0 spiro atoms. The molecule has 5 heteroatoms. The minimum Gasteiger partial charge on any atom is -0.378 e. The number of nitrogens with one attached hydrogen (secondary N) is 1. The number of hydrogen-bond donors (Lipinski definition) is 1. The van der Waals surface area contributed by atoms with Gasteiger partial charge in [-0.25, -0.2) is 0 Å². The number of amides is 1. The predicted molar refractivity (Wildman–Crippen MR) is 93.6 cm³/mol. The van der Waals surface area contributed by atoms with Crippen LogP contribution in [0.4, 0.5) is 11.4 Å². The maximum Gasteiger partial charge on any atom is 0.255 e. The average molecular weight is 331 g/mol. The number of rotatable bonds is 3. The summed E-state index contributed by atoms with van der Waals surface area (Å²) in [5.74, 6) is -0.160. The highest BCUT2D eigenvalue weighted by atomic mass is 35.5. The molecular formula is C18H19ClN2O2. The lowest BCUT2D eigenvalue weighted by atomic mass is 10.1. The Kier molecular flexibility index (Phi) is 4.84. The largest absolute Gasteiger partial charge is 0.378 e. The van der Waals surface area contributed by atoms with Crippen molar-refractivity contribution in [2.24, 2.45) is 0 Å². The Morgan fingerprint density at radius 3 is 2.65 bits per heavy atom. The molecule has 2 aromatic rings. The van der Waals surface area contributed by atoms with Crippen molar-refractivity contribution < 1.29 is 9.53 Å². The molecule has 1 fully saturated rings. The minimum atomic E-state index is -0.160. The van der Waals surface area contributed by atoms with E-state index in [1.165, 1.54) is 0 Å². The van der Waals surface area contributed by atoms with Gasteiger partial charge in [-0.15, -0.1) is 0 Å². The van der Waals surface area contributed by atoms with Crippen LogP contribution in [0.1, 0.15) is 15.9 Å². The van der Waals surface area contributed by atoms with Gasteiger partial charge in [0.25, 0.3) is 5.91 Å². The van der Waals surface area contributed by atoms with Crippen LogP contribution in [0.15, 0.2) is 42.5 Å². The van der Waals surface area contributed by atoms with E-state index >= 15 is 0 Å². The van der Waals surface area contributed by atoms with E-state index in [9.17, 15) is 4.79 Å². The molecule has 1 heterocycles. The molecule has 0 atom stereocenters. The summed E-state index contributed by atoms with van der Waals surface area (Å²) in [5.41, 5.74) is 3.33. The first-order chi connectivity index (χ1) is 11.1. The standard InChI is InChI=1S/C18H19ClN2O2/c1-13-6-7-14(12-15(13)19)18(22)20-16-4-2-3-5-17(16)21-8-10-23-11-9-21/h2-7,12H,8-11H2,1H3,(H,20,22). The normalized spacial score (nSPS) is 14.6. The first kappa shape index (κ1) is 15.8. The van der Waals surface area contributed by atoms with Gasteiger partial charge < -0.3 is 15.0 Å². The Bertz CT molecular complexity index is 712. The fourth-order valence-electron chi connectivity index (χ4n) is 2.59. The van der Waals surface area contributed by atoms with Crippen LogP contribution in [0.25, 0.3) is 0 Å². The molecule has 0 radical (unpaired) electrons. The number of nitrogens with zero attached hydrogens (tertiary/aromatic N) is 1. The van der Waals surface area contributed by atoms with E-state index in [0.29, 0.717) is 23.8 Å². The van der Waals surface area contributed by atoms with Crippen LogP contribution in [0.5, 0.6) is 0 Å². The number of aryl methyl sites for hydroxylation is 1. The molecule has 0 aliphatic carbocycles. The van der Waals surface area contributed by atoms with Crippen molar-refractivity contribution in [3.8, 4) is 0 Å². The first-order valence-electron chi connectivity index (χ1n) is 7.64. The number of morpholine rings is 1. The molecule has 23 heavy (non-hydrogen) atoms. The van der Waals surface area contributed by atoms with Crippen molar-refractivity contribution in [3.63, 3.8) is 0 Å². The zero-order chi connectivity index (χ0) is 16.2. The van der Waals surface area contributed by atoms with Gasteiger partial charge in [-0.05, 0) is 36.8 Å². The molecule has 0 saturated carbocycles. The molecule has 0 aromatic heterocycles. The van der Waals surface area contributed by atoms with Crippen molar-refractivity contribution in [2.45, 2.75) is 6.92 Å². The monoisotopic (exact) mass is 330 g/mol. The number of benzene rings is 2. The molecular weight excluding hydrogens is 312 g/mol. The molecule has 0 bridgehead atoms. The van der Waals surface area contributed by atoms with Gasteiger partial charge in [0.15, 0.2) is 0 Å². The number of para-hydroxylation sites is 2. The number of carbonyl (C=O) groups excluding carboxylic acids is 1. The van der Waals surface area contributed by atoms with Crippen molar-refractivity contribution in [2.75, 3.05) is 36.5 Å².